The molecule has 0 spiro atoms. The number of nitrogens with zero attached hydrogens (tertiary/aromatic N) is 4. The Hall–Kier alpha value is -4.38. The third kappa shape index (κ3) is 7.10. The Morgan fingerprint density at radius 2 is 1.54 bits per heavy atom. The maximum absolute atomic E-state index is 13.7. The molecule has 1 aromatic heterocycles. The van der Waals surface area contributed by atoms with E-state index in [0.717, 1.165) is 56.0 Å². The lowest BCUT2D eigenvalue weighted by Crippen LogP contribution is -2.49. The predicted molar refractivity (Wildman–Crippen MR) is 190 cm³/mol. The van der Waals surface area contributed by atoms with Gasteiger partial charge >= 0.3 is 11.9 Å². The number of carbonyl (C=O) groups excluding carboxylic acids is 3. The largest absolute Gasteiger partial charge is 0.496 e. The Morgan fingerprint density at radius 3 is 2.12 bits per heavy atom. The quantitative estimate of drug-likeness (QED) is 0.232. The predicted octanol–water partition coefficient (Wildman–Crippen LogP) is 5.96. The van der Waals surface area contributed by atoms with Crippen molar-refractivity contribution in [2.24, 2.45) is 29.6 Å². The summed E-state index contributed by atoms with van der Waals surface area (Å²) < 4.78 is 13.2. The number of aromatic nitrogens is 2. The van der Waals surface area contributed by atoms with Crippen molar-refractivity contribution in [1.29, 1.82) is 0 Å². The van der Waals surface area contributed by atoms with Gasteiger partial charge in [0.1, 0.15) is 11.5 Å². The number of hydroxylamine groups is 1. The molecule has 11 nitrogen and oxygen atoms in total. The lowest BCUT2D eigenvalue weighted by Gasteiger charge is -2.53. The van der Waals surface area contributed by atoms with Gasteiger partial charge in [-0.1, -0.05) is 19.9 Å². The molecule has 1 N–H and O–H groups in total. The summed E-state index contributed by atoms with van der Waals surface area (Å²) in [5, 5.41) is 4.78. The van der Waals surface area contributed by atoms with E-state index in [1.807, 2.05) is 51.5 Å². The van der Waals surface area contributed by atoms with E-state index >= 15 is 0 Å². The van der Waals surface area contributed by atoms with Crippen LogP contribution in [0.4, 0.5) is 0 Å². The average molecular weight is 686 g/mol. The van der Waals surface area contributed by atoms with Crippen molar-refractivity contribution in [3.8, 4) is 28.4 Å². The highest BCUT2D eigenvalue weighted by molar-refractivity contribution is 5.96. The highest BCUT2D eigenvalue weighted by Gasteiger charge is 2.51. The van der Waals surface area contributed by atoms with Crippen LogP contribution in [0.25, 0.3) is 16.9 Å². The van der Waals surface area contributed by atoms with Crippen LogP contribution in [0.1, 0.15) is 84.7 Å². The Balaban J connectivity index is 1.32. The average Bonchev–Trinajstić information content (AvgIpc) is 3.53. The van der Waals surface area contributed by atoms with Crippen LogP contribution in [0.5, 0.6) is 11.5 Å². The summed E-state index contributed by atoms with van der Waals surface area (Å²) in [6.45, 7) is 5.63. The highest BCUT2D eigenvalue weighted by atomic mass is 16.7. The first-order valence-corrected chi connectivity index (χ1v) is 17.9. The van der Waals surface area contributed by atoms with E-state index in [0.29, 0.717) is 52.4 Å². The van der Waals surface area contributed by atoms with Crippen molar-refractivity contribution >= 4 is 17.8 Å². The minimum Gasteiger partial charge on any atom is -0.496 e. The minimum absolute atomic E-state index is 0.00706. The molecule has 7 rings (SSSR count). The number of methoxy groups -OCH3 is 2. The monoisotopic (exact) mass is 685 g/mol. The molecule has 2 aromatic carbocycles. The van der Waals surface area contributed by atoms with Gasteiger partial charge in [0, 0.05) is 19.2 Å². The lowest BCUT2D eigenvalue weighted by molar-refractivity contribution is -0.167. The van der Waals surface area contributed by atoms with Gasteiger partial charge in [0.2, 0.25) is 0 Å². The third-order valence-electron chi connectivity index (χ3n) is 10.9. The zero-order valence-electron chi connectivity index (χ0n) is 30.4. The molecule has 0 saturated heterocycles. The van der Waals surface area contributed by atoms with Crippen molar-refractivity contribution in [1.82, 2.24) is 25.1 Å². The molecule has 50 heavy (non-hydrogen) atoms. The molecule has 4 fully saturated rings. The molecule has 11 heteroatoms. The number of carbonyl (C=O) groups is 3. The van der Waals surface area contributed by atoms with Crippen LogP contribution in [-0.2, 0) is 9.63 Å². The SMILES string of the molecule is COc1cccc(OC)c1-c1cc(C(=O)NOC(=O)C2C3CC4CC(C3)CC2C4)nn1-c1ccc(C(=O)N(C)CCCN(C)C)cc1C(C)C. The Morgan fingerprint density at radius 1 is 0.900 bits per heavy atom. The van der Waals surface area contributed by atoms with Gasteiger partial charge in [0.25, 0.3) is 5.91 Å². The van der Waals surface area contributed by atoms with E-state index < -0.39 is 5.91 Å². The zero-order chi connectivity index (χ0) is 35.7. The number of hydrogen-bond donors (Lipinski definition) is 1. The van der Waals surface area contributed by atoms with Crippen molar-refractivity contribution in [2.75, 3.05) is 48.5 Å². The topological polar surface area (TPSA) is 115 Å². The maximum atomic E-state index is 13.7. The molecule has 4 aliphatic carbocycles. The summed E-state index contributed by atoms with van der Waals surface area (Å²) in [6, 6.07) is 12.7. The molecule has 4 bridgehead atoms. The Labute approximate surface area is 295 Å². The second-order valence-electron chi connectivity index (χ2n) is 15.0. The van der Waals surface area contributed by atoms with Gasteiger partial charge in [0.15, 0.2) is 5.69 Å². The number of benzene rings is 2. The zero-order valence-corrected chi connectivity index (χ0v) is 30.4. The van der Waals surface area contributed by atoms with Crippen molar-refractivity contribution < 1.29 is 28.7 Å². The summed E-state index contributed by atoms with van der Waals surface area (Å²) >= 11 is 0. The standard InChI is InChI=1S/C39H51N5O6/c1-23(2)29-21-26(38(46)43(5)15-9-14-42(3)4)12-13-31(29)44-32(36-33(48-6)10-8-11-34(36)49-7)22-30(40-44)37(45)41-50-39(47)35-27-17-24-16-25(19-27)20-28(35)18-24/h8,10-13,21-25,27-28,35H,9,14-20H2,1-7H3,(H,41,45). The van der Waals surface area contributed by atoms with E-state index in [1.165, 1.54) is 6.42 Å². The Bertz CT molecular complexity index is 1680. The number of rotatable bonds is 12. The number of amides is 2. The third-order valence-corrected chi connectivity index (χ3v) is 10.9. The second-order valence-corrected chi connectivity index (χ2v) is 15.0. The van der Waals surface area contributed by atoms with Gasteiger partial charge in [0.05, 0.1) is 37.1 Å². The normalized spacial score (nSPS) is 22.1. The van der Waals surface area contributed by atoms with Crippen LogP contribution in [-0.4, -0.2) is 85.8 Å². The maximum Gasteiger partial charge on any atom is 0.335 e. The first-order chi connectivity index (χ1) is 24.0. The van der Waals surface area contributed by atoms with Crippen LogP contribution in [0, 0.1) is 29.6 Å². The van der Waals surface area contributed by atoms with Crippen LogP contribution in [0.15, 0.2) is 42.5 Å². The van der Waals surface area contributed by atoms with Gasteiger partial charge in [-0.05, 0) is 131 Å². The number of nitrogens with one attached hydrogen (secondary N) is 1. The van der Waals surface area contributed by atoms with Crippen molar-refractivity contribution in [3.05, 3.63) is 59.3 Å². The van der Waals surface area contributed by atoms with E-state index in [-0.39, 0.29) is 29.4 Å². The summed E-state index contributed by atoms with van der Waals surface area (Å²) in [7, 11) is 9.01. The van der Waals surface area contributed by atoms with E-state index in [2.05, 4.69) is 24.2 Å². The summed E-state index contributed by atoms with van der Waals surface area (Å²) in [4.78, 5) is 49.9. The second kappa shape index (κ2) is 14.8. The van der Waals surface area contributed by atoms with Gasteiger partial charge < -0.3 is 24.1 Å². The van der Waals surface area contributed by atoms with Gasteiger partial charge in [-0.25, -0.2) is 9.48 Å². The molecule has 0 radical (unpaired) electrons. The molecule has 0 unspecified atom stereocenters. The molecule has 1 heterocycles. The minimum atomic E-state index is -0.631. The van der Waals surface area contributed by atoms with Gasteiger partial charge in [-0.15, -0.1) is 0 Å². The molecular formula is C39H51N5O6. The molecule has 4 saturated carbocycles. The van der Waals surface area contributed by atoms with E-state index in [4.69, 9.17) is 19.4 Å². The van der Waals surface area contributed by atoms with E-state index in [9.17, 15) is 14.4 Å². The highest BCUT2D eigenvalue weighted by Crippen LogP contribution is 2.56. The summed E-state index contributed by atoms with van der Waals surface area (Å²) in [6.07, 6.45) is 6.45. The van der Waals surface area contributed by atoms with E-state index in [1.54, 1.807) is 35.9 Å². The van der Waals surface area contributed by atoms with Crippen LogP contribution in [0.2, 0.25) is 0 Å². The fraction of sp³-hybridized carbons (Fsp3) is 0.538. The molecule has 2 amide bonds. The molecule has 0 atom stereocenters. The fourth-order valence-electron chi connectivity index (χ4n) is 8.77. The fourth-order valence-corrected chi connectivity index (χ4v) is 8.77. The van der Waals surface area contributed by atoms with Crippen LogP contribution < -0.4 is 15.0 Å². The first kappa shape index (κ1) is 35.4. The van der Waals surface area contributed by atoms with Crippen LogP contribution in [0.3, 0.4) is 0 Å². The van der Waals surface area contributed by atoms with Gasteiger partial charge in [-0.3, -0.25) is 9.59 Å². The molecule has 268 valence electrons. The van der Waals surface area contributed by atoms with Crippen LogP contribution >= 0.6 is 0 Å². The van der Waals surface area contributed by atoms with Gasteiger partial charge in [-0.2, -0.15) is 10.6 Å². The Kier molecular flexibility index (Phi) is 10.5. The molecule has 3 aromatic rings. The first-order valence-electron chi connectivity index (χ1n) is 17.9. The smallest absolute Gasteiger partial charge is 0.335 e. The number of hydrogen-bond acceptors (Lipinski definition) is 8. The number of ether oxygens (including phenoxy) is 2. The molecule has 4 aliphatic rings. The molecule has 0 aliphatic heterocycles. The summed E-state index contributed by atoms with van der Waals surface area (Å²) in [5.74, 6) is 1.97. The molecular weight excluding hydrogens is 634 g/mol. The lowest BCUT2D eigenvalue weighted by atomic mass is 9.52. The van der Waals surface area contributed by atoms with Crippen molar-refractivity contribution in [2.45, 2.75) is 58.3 Å². The summed E-state index contributed by atoms with van der Waals surface area (Å²) in [5.41, 5.74) is 5.76. The van der Waals surface area contributed by atoms with Crippen molar-refractivity contribution in [3.63, 3.8) is 0 Å².